The molecule has 0 aromatic heterocycles. The molecule has 2 aliphatic rings. The first kappa shape index (κ1) is 11.4. The van der Waals surface area contributed by atoms with Crippen LogP contribution >= 0.6 is 0 Å². The maximum Gasteiger partial charge on any atom is 0.00193 e. The minimum absolute atomic E-state index is 0.816. The molecule has 1 heterocycles. The predicted molar refractivity (Wildman–Crippen MR) is 65.0 cm³/mol. The van der Waals surface area contributed by atoms with Crippen molar-refractivity contribution in [2.24, 2.45) is 17.8 Å². The van der Waals surface area contributed by atoms with Crippen LogP contribution in [0.15, 0.2) is 0 Å². The van der Waals surface area contributed by atoms with E-state index in [-0.39, 0.29) is 0 Å². The highest BCUT2D eigenvalue weighted by Gasteiger charge is 2.23. The molecule has 0 aromatic carbocycles. The zero-order chi connectivity index (χ0) is 10.7. The number of nitrogens with zero attached hydrogens (tertiary/aromatic N) is 1. The molecule has 15 heavy (non-hydrogen) atoms. The van der Waals surface area contributed by atoms with Crippen molar-refractivity contribution >= 4 is 0 Å². The van der Waals surface area contributed by atoms with Crippen LogP contribution in [0.25, 0.3) is 0 Å². The van der Waals surface area contributed by atoms with Gasteiger partial charge in [-0.3, -0.25) is 0 Å². The van der Waals surface area contributed by atoms with Crippen molar-refractivity contribution in [3.8, 4) is 0 Å². The molecule has 1 saturated carbocycles. The molecule has 0 aromatic rings. The lowest BCUT2D eigenvalue weighted by atomic mass is 10.1. The minimum atomic E-state index is 0.816. The molecule has 2 heteroatoms. The first-order valence-corrected chi connectivity index (χ1v) is 6.67. The van der Waals surface area contributed by atoms with E-state index in [0.29, 0.717) is 0 Å². The van der Waals surface area contributed by atoms with Gasteiger partial charge in [-0.15, -0.1) is 0 Å². The molecule has 2 unspecified atom stereocenters. The van der Waals surface area contributed by atoms with Crippen LogP contribution in [0.1, 0.15) is 33.1 Å². The third-order valence-corrected chi connectivity index (χ3v) is 3.68. The first-order chi connectivity index (χ1) is 7.24. The summed E-state index contributed by atoms with van der Waals surface area (Å²) in [6, 6.07) is 0. The summed E-state index contributed by atoms with van der Waals surface area (Å²) in [4.78, 5) is 2.70. The van der Waals surface area contributed by atoms with Gasteiger partial charge in [0.2, 0.25) is 0 Å². The Labute approximate surface area is 94.4 Å². The van der Waals surface area contributed by atoms with Crippen LogP contribution in [0, 0.1) is 17.8 Å². The van der Waals surface area contributed by atoms with Gasteiger partial charge in [0, 0.05) is 13.1 Å². The van der Waals surface area contributed by atoms with Crippen molar-refractivity contribution < 1.29 is 0 Å². The lowest BCUT2D eigenvalue weighted by molar-refractivity contribution is 0.181. The van der Waals surface area contributed by atoms with Gasteiger partial charge < -0.3 is 10.2 Å². The molecule has 0 radical (unpaired) electrons. The summed E-state index contributed by atoms with van der Waals surface area (Å²) >= 11 is 0. The number of rotatable bonds is 3. The van der Waals surface area contributed by atoms with E-state index in [4.69, 9.17) is 0 Å². The normalized spacial score (nSPS) is 34.8. The van der Waals surface area contributed by atoms with Gasteiger partial charge in [-0.25, -0.2) is 0 Å². The Kier molecular flexibility index (Phi) is 4.04. The average molecular weight is 210 g/mol. The smallest absolute Gasteiger partial charge is 0.00193 e. The highest BCUT2D eigenvalue weighted by Crippen LogP contribution is 2.32. The van der Waals surface area contributed by atoms with Crippen LogP contribution in [0.2, 0.25) is 0 Å². The van der Waals surface area contributed by atoms with Crippen LogP contribution < -0.4 is 5.32 Å². The quantitative estimate of drug-likeness (QED) is 0.766. The van der Waals surface area contributed by atoms with E-state index in [0.717, 1.165) is 17.8 Å². The summed E-state index contributed by atoms with van der Waals surface area (Å²) in [5.41, 5.74) is 0. The standard InChI is InChI=1S/C13H26N2/c1-11-7-14-8-12(2)10-15(9-11)6-5-13-3-4-13/h11-14H,3-10H2,1-2H3. The Morgan fingerprint density at radius 3 is 2.20 bits per heavy atom. The molecule has 2 nitrogen and oxygen atoms in total. The van der Waals surface area contributed by atoms with E-state index in [1.165, 1.54) is 52.0 Å². The maximum atomic E-state index is 3.56. The fraction of sp³-hybridized carbons (Fsp3) is 1.00. The molecule has 1 N–H and O–H groups in total. The summed E-state index contributed by atoms with van der Waals surface area (Å²) in [5, 5.41) is 3.56. The molecule has 88 valence electrons. The summed E-state index contributed by atoms with van der Waals surface area (Å²) in [6.45, 7) is 11.1. The second kappa shape index (κ2) is 5.31. The van der Waals surface area contributed by atoms with Gasteiger partial charge in [-0.2, -0.15) is 0 Å². The number of nitrogens with one attached hydrogen (secondary N) is 1. The molecule has 2 atom stereocenters. The largest absolute Gasteiger partial charge is 0.316 e. The van der Waals surface area contributed by atoms with E-state index < -0.39 is 0 Å². The topological polar surface area (TPSA) is 15.3 Å². The maximum absolute atomic E-state index is 3.56. The molecule has 0 spiro atoms. The molecule has 0 bridgehead atoms. The highest BCUT2D eigenvalue weighted by molar-refractivity contribution is 4.77. The van der Waals surface area contributed by atoms with Gasteiger partial charge in [0.25, 0.3) is 0 Å². The van der Waals surface area contributed by atoms with Crippen molar-refractivity contribution in [2.45, 2.75) is 33.1 Å². The van der Waals surface area contributed by atoms with E-state index in [2.05, 4.69) is 24.1 Å². The SMILES string of the molecule is CC1CNCC(C)CN(CCC2CC2)C1. The average Bonchev–Trinajstić information content (AvgIpc) is 2.95. The van der Waals surface area contributed by atoms with Gasteiger partial charge in [0.15, 0.2) is 0 Å². The van der Waals surface area contributed by atoms with Gasteiger partial charge >= 0.3 is 0 Å². The summed E-state index contributed by atoms with van der Waals surface area (Å²) in [6.07, 6.45) is 4.45. The lowest BCUT2D eigenvalue weighted by Gasteiger charge is -2.31. The van der Waals surface area contributed by atoms with E-state index in [1.807, 2.05) is 0 Å². The molecule has 2 rings (SSSR count). The Balaban J connectivity index is 1.76. The van der Waals surface area contributed by atoms with Crippen LogP contribution in [0.4, 0.5) is 0 Å². The van der Waals surface area contributed by atoms with Crippen molar-refractivity contribution in [2.75, 3.05) is 32.7 Å². The number of hydrogen-bond donors (Lipinski definition) is 1. The molecule has 1 aliphatic carbocycles. The molecule has 0 amide bonds. The minimum Gasteiger partial charge on any atom is -0.316 e. The molecule has 1 aliphatic heterocycles. The van der Waals surface area contributed by atoms with E-state index in [1.54, 1.807) is 0 Å². The van der Waals surface area contributed by atoms with Crippen molar-refractivity contribution in [3.63, 3.8) is 0 Å². The second-order valence-corrected chi connectivity index (χ2v) is 5.86. The van der Waals surface area contributed by atoms with Gasteiger partial charge in [0.1, 0.15) is 0 Å². The fourth-order valence-corrected chi connectivity index (χ4v) is 2.62. The molecular weight excluding hydrogens is 184 g/mol. The Morgan fingerprint density at radius 2 is 1.67 bits per heavy atom. The van der Waals surface area contributed by atoms with Crippen LogP contribution in [-0.2, 0) is 0 Å². The Morgan fingerprint density at radius 1 is 1.07 bits per heavy atom. The zero-order valence-electron chi connectivity index (χ0n) is 10.3. The Bertz CT molecular complexity index is 177. The Hall–Kier alpha value is -0.0800. The van der Waals surface area contributed by atoms with Gasteiger partial charge in [0.05, 0.1) is 0 Å². The third-order valence-electron chi connectivity index (χ3n) is 3.68. The summed E-state index contributed by atoms with van der Waals surface area (Å²) < 4.78 is 0. The molecule has 2 fully saturated rings. The van der Waals surface area contributed by atoms with Gasteiger partial charge in [-0.1, -0.05) is 26.7 Å². The number of hydrogen-bond acceptors (Lipinski definition) is 2. The summed E-state index contributed by atoms with van der Waals surface area (Å²) in [7, 11) is 0. The second-order valence-electron chi connectivity index (χ2n) is 5.86. The predicted octanol–water partition coefficient (Wildman–Crippen LogP) is 1.96. The monoisotopic (exact) mass is 210 g/mol. The highest BCUT2D eigenvalue weighted by atomic mass is 15.1. The first-order valence-electron chi connectivity index (χ1n) is 6.67. The molecule has 1 saturated heterocycles. The third kappa shape index (κ3) is 4.12. The van der Waals surface area contributed by atoms with Gasteiger partial charge in [-0.05, 0) is 43.8 Å². The van der Waals surface area contributed by atoms with Crippen molar-refractivity contribution in [3.05, 3.63) is 0 Å². The zero-order valence-corrected chi connectivity index (χ0v) is 10.3. The molecular formula is C13H26N2. The van der Waals surface area contributed by atoms with E-state index >= 15 is 0 Å². The summed E-state index contributed by atoms with van der Waals surface area (Å²) in [5.74, 6) is 2.72. The van der Waals surface area contributed by atoms with Crippen LogP contribution in [0.5, 0.6) is 0 Å². The van der Waals surface area contributed by atoms with Crippen molar-refractivity contribution in [1.82, 2.24) is 10.2 Å². The van der Waals surface area contributed by atoms with Crippen molar-refractivity contribution in [1.29, 1.82) is 0 Å². The van der Waals surface area contributed by atoms with Crippen LogP contribution in [-0.4, -0.2) is 37.6 Å². The van der Waals surface area contributed by atoms with Crippen LogP contribution in [0.3, 0.4) is 0 Å². The fourth-order valence-electron chi connectivity index (χ4n) is 2.62. The van der Waals surface area contributed by atoms with E-state index in [9.17, 15) is 0 Å². The lowest BCUT2D eigenvalue weighted by Crippen LogP contribution is -2.43.